The highest BCUT2D eigenvalue weighted by atomic mass is 35.5. The molecule has 0 amide bonds. The van der Waals surface area contributed by atoms with Crippen LogP contribution >= 0.6 is 11.6 Å². The standard InChI is InChI=1S/C10H14ClNO/c1-12(2)10(7-13)8-4-3-5-9(11)6-8/h3-6,10,13H,7H2,1-2H3. The summed E-state index contributed by atoms with van der Waals surface area (Å²) in [5.41, 5.74) is 1.04. The van der Waals surface area contributed by atoms with Crippen LogP contribution in [0.5, 0.6) is 0 Å². The molecule has 13 heavy (non-hydrogen) atoms. The van der Waals surface area contributed by atoms with Crippen molar-refractivity contribution in [2.24, 2.45) is 0 Å². The summed E-state index contributed by atoms with van der Waals surface area (Å²) in [4.78, 5) is 1.96. The van der Waals surface area contributed by atoms with Crippen LogP contribution in [-0.2, 0) is 0 Å². The molecule has 3 heteroatoms. The lowest BCUT2D eigenvalue weighted by molar-refractivity contribution is 0.171. The number of benzene rings is 1. The lowest BCUT2D eigenvalue weighted by Gasteiger charge is -2.22. The molecule has 1 aromatic carbocycles. The topological polar surface area (TPSA) is 23.5 Å². The Kier molecular flexibility index (Phi) is 3.72. The van der Waals surface area contributed by atoms with E-state index in [0.717, 1.165) is 5.56 Å². The molecule has 1 aromatic rings. The normalized spacial score (nSPS) is 13.3. The third-order valence-corrected chi connectivity index (χ3v) is 2.26. The molecular formula is C10H14ClNO. The summed E-state index contributed by atoms with van der Waals surface area (Å²) in [6.07, 6.45) is 0. The molecule has 0 bridgehead atoms. The fraction of sp³-hybridized carbons (Fsp3) is 0.400. The van der Waals surface area contributed by atoms with E-state index in [2.05, 4.69) is 0 Å². The van der Waals surface area contributed by atoms with Gasteiger partial charge in [0, 0.05) is 5.02 Å². The van der Waals surface area contributed by atoms with Gasteiger partial charge in [-0.3, -0.25) is 0 Å². The molecule has 1 atom stereocenters. The van der Waals surface area contributed by atoms with Crippen molar-refractivity contribution in [1.82, 2.24) is 4.90 Å². The molecule has 1 N–H and O–H groups in total. The Morgan fingerprint density at radius 1 is 1.46 bits per heavy atom. The molecule has 0 radical (unpaired) electrons. The zero-order valence-corrected chi connectivity index (χ0v) is 8.62. The molecule has 1 rings (SSSR count). The summed E-state index contributed by atoms with van der Waals surface area (Å²) < 4.78 is 0. The van der Waals surface area contributed by atoms with Gasteiger partial charge in [0.1, 0.15) is 0 Å². The van der Waals surface area contributed by atoms with Crippen LogP contribution in [0.1, 0.15) is 11.6 Å². The van der Waals surface area contributed by atoms with Gasteiger partial charge < -0.3 is 10.0 Å². The van der Waals surface area contributed by atoms with Crippen molar-refractivity contribution >= 4 is 11.6 Å². The second kappa shape index (κ2) is 4.61. The summed E-state index contributed by atoms with van der Waals surface area (Å²) in [6.45, 7) is 0.105. The van der Waals surface area contributed by atoms with E-state index in [1.165, 1.54) is 0 Å². The van der Waals surface area contributed by atoms with Crippen LogP contribution in [0.2, 0.25) is 5.02 Å². The Balaban J connectivity index is 2.91. The number of nitrogens with zero attached hydrogens (tertiary/aromatic N) is 1. The molecule has 0 aliphatic heterocycles. The highest BCUT2D eigenvalue weighted by molar-refractivity contribution is 6.30. The first-order valence-corrected chi connectivity index (χ1v) is 4.55. The zero-order chi connectivity index (χ0) is 9.84. The maximum atomic E-state index is 9.16. The summed E-state index contributed by atoms with van der Waals surface area (Å²) in [7, 11) is 3.86. The molecule has 1 unspecified atom stereocenters. The summed E-state index contributed by atoms with van der Waals surface area (Å²) in [6, 6.07) is 7.59. The largest absolute Gasteiger partial charge is 0.394 e. The highest BCUT2D eigenvalue weighted by Gasteiger charge is 2.12. The first-order chi connectivity index (χ1) is 6.15. The van der Waals surface area contributed by atoms with Crippen molar-refractivity contribution in [3.05, 3.63) is 34.9 Å². The van der Waals surface area contributed by atoms with Crippen LogP contribution < -0.4 is 0 Å². The second-order valence-corrected chi connectivity index (χ2v) is 3.65. The monoisotopic (exact) mass is 199 g/mol. The number of rotatable bonds is 3. The molecule has 0 saturated carbocycles. The SMILES string of the molecule is CN(C)C(CO)c1cccc(Cl)c1. The number of likely N-dealkylation sites (N-methyl/N-ethyl adjacent to an activating group) is 1. The number of hydrogen-bond donors (Lipinski definition) is 1. The van der Waals surface area contributed by atoms with E-state index in [0.29, 0.717) is 5.02 Å². The van der Waals surface area contributed by atoms with Gasteiger partial charge in [-0.1, -0.05) is 23.7 Å². The molecule has 0 spiro atoms. The first-order valence-electron chi connectivity index (χ1n) is 4.18. The molecule has 0 aliphatic rings. The van der Waals surface area contributed by atoms with E-state index >= 15 is 0 Å². The fourth-order valence-corrected chi connectivity index (χ4v) is 1.48. The zero-order valence-electron chi connectivity index (χ0n) is 7.87. The van der Waals surface area contributed by atoms with Gasteiger partial charge in [0.25, 0.3) is 0 Å². The Bertz CT molecular complexity index is 275. The number of hydrogen-bond acceptors (Lipinski definition) is 2. The molecule has 0 heterocycles. The van der Waals surface area contributed by atoms with E-state index < -0.39 is 0 Å². The van der Waals surface area contributed by atoms with Gasteiger partial charge in [-0.2, -0.15) is 0 Å². The van der Waals surface area contributed by atoms with Crippen molar-refractivity contribution in [3.8, 4) is 0 Å². The van der Waals surface area contributed by atoms with Gasteiger partial charge in [0.2, 0.25) is 0 Å². The van der Waals surface area contributed by atoms with Crippen LogP contribution in [-0.4, -0.2) is 30.7 Å². The minimum atomic E-state index is 0.0266. The van der Waals surface area contributed by atoms with E-state index in [1.807, 2.05) is 43.3 Å². The van der Waals surface area contributed by atoms with Crippen LogP contribution in [0.25, 0.3) is 0 Å². The maximum absolute atomic E-state index is 9.16. The Morgan fingerprint density at radius 2 is 2.15 bits per heavy atom. The van der Waals surface area contributed by atoms with Gasteiger partial charge >= 0.3 is 0 Å². The second-order valence-electron chi connectivity index (χ2n) is 3.22. The molecule has 0 aliphatic carbocycles. The fourth-order valence-electron chi connectivity index (χ4n) is 1.28. The van der Waals surface area contributed by atoms with Crippen molar-refractivity contribution in [2.45, 2.75) is 6.04 Å². The molecule has 0 fully saturated rings. The van der Waals surface area contributed by atoms with Gasteiger partial charge in [-0.15, -0.1) is 0 Å². The average molecular weight is 200 g/mol. The third kappa shape index (κ3) is 2.69. The number of aliphatic hydroxyl groups excluding tert-OH is 1. The first kappa shape index (κ1) is 10.5. The lowest BCUT2D eigenvalue weighted by atomic mass is 10.1. The smallest absolute Gasteiger partial charge is 0.0628 e. The van der Waals surface area contributed by atoms with E-state index in [1.54, 1.807) is 0 Å². The van der Waals surface area contributed by atoms with E-state index in [4.69, 9.17) is 16.7 Å². The Morgan fingerprint density at radius 3 is 2.62 bits per heavy atom. The number of aliphatic hydroxyl groups is 1. The van der Waals surface area contributed by atoms with E-state index in [9.17, 15) is 0 Å². The number of halogens is 1. The lowest BCUT2D eigenvalue weighted by Crippen LogP contribution is -2.22. The molecule has 0 aromatic heterocycles. The van der Waals surface area contributed by atoms with Gasteiger partial charge in [-0.05, 0) is 31.8 Å². The molecular weight excluding hydrogens is 186 g/mol. The van der Waals surface area contributed by atoms with E-state index in [-0.39, 0.29) is 12.6 Å². The van der Waals surface area contributed by atoms with Crippen molar-refractivity contribution in [1.29, 1.82) is 0 Å². The molecule has 2 nitrogen and oxygen atoms in total. The summed E-state index contributed by atoms with van der Waals surface area (Å²) in [5.74, 6) is 0. The summed E-state index contributed by atoms with van der Waals surface area (Å²) >= 11 is 5.85. The predicted molar refractivity (Wildman–Crippen MR) is 55.0 cm³/mol. The van der Waals surface area contributed by atoms with Crippen LogP contribution in [0, 0.1) is 0 Å². The van der Waals surface area contributed by atoms with Gasteiger partial charge in [0.15, 0.2) is 0 Å². The Hall–Kier alpha value is -0.570. The molecule has 72 valence electrons. The molecule has 0 saturated heterocycles. The minimum Gasteiger partial charge on any atom is -0.394 e. The van der Waals surface area contributed by atoms with Crippen molar-refractivity contribution in [3.63, 3.8) is 0 Å². The predicted octanol–water partition coefficient (Wildman–Crippen LogP) is 1.93. The Labute approximate surface area is 83.7 Å². The van der Waals surface area contributed by atoms with Crippen LogP contribution in [0.4, 0.5) is 0 Å². The van der Waals surface area contributed by atoms with Crippen LogP contribution in [0.15, 0.2) is 24.3 Å². The van der Waals surface area contributed by atoms with Gasteiger partial charge in [-0.25, -0.2) is 0 Å². The highest BCUT2D eigenvalue weighted by Crippen LogP contribution is 2.20. The van der Waals surface area contributed by atoms with Crippen molar-refractivity contribution in [2.75, 3.05) is 20.7 Å². The quantitative estimate of drug-likeness (QED) is 0.805. The van der Waals surface area contributed by atoms with Crippen LogP contribution in [0.3, 0.4) is 0 Å². The minimum absolute atomic E-state index is 0.0266. The third-order valence-electron chi connectivity index (χ3n) is 2.03. The average Bonchev–Trinajstić information content (AvgIpc) is 2.04. The van der Waals surface area contributed by atoms with Gasteiger partial charge in [0.05, 0.1) is 12.6 Å². The maximum Gasteiger partial charge on any atom is 0.0628 e. The van der Waals surface area contributed by atoms with Crippen molar-refractivity contribution < 1.29 is 5.11 Å². The summed E-state index contributed by atoms with van der Waals surface area (Å²) in [5, 5.41) is 9.86.